The van der Waals surface area contributed by atoms with E-state index in [1.165, 1.54) is 17.1 Å². The van der Waals surface area contributed by atoms with E-state index in [2.05, 4.69) is 10.6 Å². The van der Waals surface area contributed by atoms with Crippen LogP contribution in [0.1, 0.15) is 90.2 Å². The van der Waals surface area contributed by atoms with Crippen molar-refractivity contribution in [2.75, 3.05) is 13.1 Å². The number of nitrogens with two attached hydrogens (primary N) is 1. The van der Waals surface area contributed by atoms with Gasteiger partial charge in [-0.05, 0) is 61.5 Å². The van der Waals surface area contributed by atoms with Crippen molar-refractivity contribution >= 4 is 41.3 Å². The summed E-state index contributed by atoms with van der Waals surface area (Å²) in [6, 6.07) is 6.08. The molecule has 0 saturated carbocycles. The minimum absolute atomic E-state index is 0.0335. The molecular weight excluding hydrogens is 616 g/mol. The number of ketones is 2. The quantitative estimate of drug-likeness (QED) is 0.100. The number of benzene rings is 1. The van der Waals surface area contributed by atoms with Crippen LogP contribution in [0.2, 0.25) is 0 Å². The topological polar surface area (TPSA) is 193 Å². The number of carbonyl (C=O) groups excluding carboxylic acids is 6. The Balaban J connectivity index is 1.96. The van der Waals surface area contributed by atoms with E-state index >= 15 is 0 Å². The van der Waals surface area contributed by atoms with Gasteiger partial charge in [-0.2, -0.15) is 0 Å². The molecule has 5 N–H and O–H groups in total. The fourth-order valence-electron chi connectivity index (χ4n) is 5.82. The maximum Gasteiger partial charge on any atom is 0.312 e. The summed E-state index contributed by atoms with van der Waals surface area (Å²) in [7, 11) is 0. The SMILES string of the molecule is CC(C[C@@H](C)Cc1ccc(CC(=O)[C@H](CCCNC(N)=O)NC(=O)[C@@H](CC(=O)CCCCCN2C(=O)C=CC2=O)C(C)C)cc1)C(=O)O. The molecule has 4 atom stereocenters. The highest BCUT2D eigenvalue weighted by molar-refractivity contribution is 6.12. The smallest absolute Gasteiger partial charge is 0.312 e. The van der Waals surface area contributed by atoms with Gasteiger partial charge in [0, 0.05) is 50.4 Å². The van der Waals surface area contributed by atoms with Crippen LogP contribution < -0.4 is 16.4 Å². The first kappa shape index (κ1) is 39.8. The van der Waals surface area contributed by atoms with Crippen LogP contribution >= 0.6 is 0 Å². The zero-order valence-electron chi connectivity index (χ0n) is 28.7. The van der Waals surface area contributed by atoms with Crippen LogP contribution in [0.15, 0.2) is 36.4 Å². The molecule has 0 fully saturated rings. The van der Waals surface area contributed by atoms with Crippen LogP contribution in [0.5, 0.6) is 0 Å². The fourth-order valence-corrected chi connectivity index (χ4v) is 5.82. The second kappa shape index (κ2) is 20.1. The molecule has 0 spiro atoms. The Morgan fingerprint density at radius 3 is 2.08 bits per heavy atom. The number of amides is 5. The van der Waals surface area contributed by atoms with Gasteiger partial charge in [0.05, 0.1) is 12.0 Å². The number of Topliss-reactive ketones (excluding diaryl/α,β-unsaturated/α-hetero) is 2. The predicted molar refractivity (Wildman–Crippen MR) is 180 cm³/mol. The van der Waals surface area contributed by atoms with Gasteiger partial charge in [0.25, 0.3) is 11.8 Å². The lowest BCUT2D eigenvalue weighted by Gasteiger charge is -2.24. The molecule has 0 radical (unpaired) electrons. The summed E-state index contributed by atoms with van der Waals surface area (Å²) >= 11 is 0. The molecule has 0 saturated heterocycles. The molecule has 1 aliphatic rings. The molecule has 0 aromatic heterocycles. The van der Waals surface area contributed by atoms with Gasteiger partial charge in [0.15, 0.2) is 5.78 Å². The maximum absolute atomic E-state index is 13.5. The van der Waals surface area contributed by atoms with Crippen molar-refractivity contribution in [3.05, 3.63) is 47.5 Å². The number of nitrogens with zero attached hydrogens (tertiary/aromatic N) is 1. The first-order valence-electron chi connectivity index (χ1n) is 16.9. The van der Waals surface area contributed by atoms with Crippen molar-refractivity contribution in [2.45, 2.75) is 97.9 Å². The highest BCUT2D eigenvalue weighted by Gasteiger charge is 2.29. The molecule has 0 bridgehead atoms. The lowest BCUT2D eigenvalue weighted by Crippen LogP contribution is -2.46. The number of hydrogen-bond acceptors (Lipinski definition) is 7. The number of rotatable bonds is 23. The summed E-state index contributed by atoms with van der Waals surface area (Å²) in [5, 5.41) is 14.6. The summed E-state index contributed by atoms with van der Waals surface area (Å²) < 4.78 is 0. The molecule has 1 unspecified atom stereocenters. The fraction of sp³-hybridized carbons (Fsp3) is 0.583. The van der Waals surface area contributed by atoms with E-state index in [0.29, 0.717) is 45.1 Å². The molecule has 1 aliphatic heterocycles. The third-order valence-electron chi connectivity index (χ3n) is 8.66. The van der Waals surface area contributed by atoms with Crippen LogP contribution in [0.3, 0.4) is 0 Å². The van der Waals surface area contributed by atoms with Gasteiger partial charge in [-0.1, -0.05) is 58.4 Å². The Morgan fingerprint density at radius 1 is 0.875 bits per heavy atom. The zero-order chi connectivity index (χ0) is 35.8. The third kappa shape index (κ3) is 14.2. The molecule has 1 heterocycles. The third-order valence-corrected chi connectivity index (χ3v) is 8.66. The predicted octanol–water partition coefficient (Wildman–Crippen LogP) is 3.74. The van der Waals surface area contributed by atoms with Crippen molar-refractivity contribution in [3.8, 4) is 0 Å². The van der Waals surface area contributed by atoms with Crippen LogP contribution in [0.25, 0.3) is 0 Å². The molecule has 264 valence electrons. The van der Waals surface area contributed by atoms with E-state index in [-0.39, 0.29) is 73.4 Å². The van der Waals surface area contributed by atoms with E-state index in [1.54, 1.807) is 6.92 Å². The second-order valence-corrected chi connectivity index (χ2v) is 13.3. The molecule has 2 rings (SSSR count). The number of primary amides is 1. The Hall–Kier alpha value is -4.35. The van der Waals surface area contributed by atoms with E-state index in [0.717, 1.165) is 11.1 Å². The van der Waals surface area contributed by atoms with Gasteiger partial charge in [-0.15, -0.1) is 0 Å². The summed E-state index contributed by atoms with van der Waals surface area (Å²) in [6.07, 6.45) is 6.64. The average molecular weight is 669 g/mol. The van der Waals surface area contributed by atoms with Gasteiger partial charge in [-0.3, -0.25) is 33.7 Å². The lowest BCUT2D eigenvalue weighted by atomic mass is 9.88. The number of aliphatic carboxylic acids is 1. The maximum atomic E-state index is 13.5. The number of nitrogens with one attached hydrogen (secondary N) is 2. The van der Waals surface area contributed by atoms with Crippen molar-refractivity contribution in [1.82, 2.24) is 15.5 Å². The Bertz CT molecular complexity index is 1310. The number of hydrogen-bond donors (Lipinski definition) is 4. The van der Waals surface area contributed by atoms with E-state index in [1.807, 2.05) is 45.0 Å². The Kier molecular flexibility index (Phi) is 16.7. The molecule has 0 aliphatic carbocycles. The van der Waals surface area contributed by atoms with E-state index < -0.39 is 29.9 Å². The summed E-state index contributed by atoms with van der Waals surface area (Å²) in [4.78, 5) is 86.6. The molecule has 12 heteroatoms. The molecule has 5 amide bonds. The summed E-state index contributed by atoms with van der Waals surface area (Å²) in [5.74, 6) is -3.15. The Morgan fingerprint density at radius 2 is 1.50 bits per heavy atom. The second-order valence-electron chi connectivity index (χ2n) is 13.3. The summed E-state index contributed by atoms with van der Waals surface area (Å²) in [5.41, 5.74) is 6.98. The van der Waals surface area contributed by atoms with Crippen LogP contribution in [0, 0.1) is 23.7 Å². The first-order chi connectivity index (χ1) is 22.7. The van der Waals surface area contributed by atoms with Crippen LogP contribution in [-0.4, -0.2) is 70.4 Å². The largest absolute Gasteiger partial charge is 0.481 e. The Labute approximate surface area is 283 Å². The monoisotopic (exact) mass is 668 g/mol. The number of carboxylic acid groups (broad SMARTS) is 1. The van der Waals surface area contributed by atoms with Gasteiger partial charge in [0.2, 0.25) is 5.91 Å². The standard InChI is InChI=1S/C36H52N4O8/c1-23(2)29(22-28(41)9-6-5-7-18-40-32(43)15-16-33(40)44)34(45)39-30(10-8-17-38-36(37)48)31(42)21-27-13-11-26(12-14-27)20-24(3)19-25(4)35(46)47/h11-16,23-25,29-30H,5-10,17-22H2,1-4H3,(H,39,45)(H,46,47)(H3,37,38,48)/t24-,25?,29+,30+/m1/s1. The van der Waals surface area contributed by atoms with Crippen molar-refractivity contribution in [3.63, 3.8) is 0 Å². The highest BCUT2D eigenvalue weighted by Crippen LogP contribution is 2.21. The van der Waals surface area contributed by atoms with Gasteiger partial charge in [-0.25, -0.2) is 4.79 Å². The van der Waals surface area contributed by atoms with Crippen LogP contribution in [0.4, 0.5) is 4.79 Å². The van der Waals surface area contributed by atoms with Crippen LogP contribution in [-0.2, 0) is 41.6 Å². The number of unbranched alkanes of at least 4 members (excludes halogenated alkanes) is 2. The van der Waals surface area contributed by atoms with E-state index in [4.69, 9.17) is 5.73 Å². The lowest BCUT2D eigenvalue weighted by molar-refractivity contribution is -0.142. The minimum Gasteiger partial charge on any atom is -0.481 e. The number of carboxylic acids is 1. The summed E-state index contributed by atoms with van der Waals surface area (Å²) in [6.45, 7) is 7.96. The number of urea groups is 1. The minimum atomic E-state index is -0.828. The zero-order valence-corrected chi connectivity index (χ0v) is 28.7. The van der Waals surface area contributed by atoms with Crippen molar-refractivity contribution < 1.29 is 38.7 Å². The van der Waals surface area contributed by atoms with Crippen molar-refractivity contribution in [1.29, 1.82) is 0 Å². The van der Waals surface area contributed by atoms with E-state index in [9.17, 15) is 38.7 Å². The molecular formula is C36H52N4O8. The molecule has 12 nitrogen and oxygen atoms in total. The number of imide groups is 1. The highest BCUT2D eigenvalue weighted by atomic mass is 16.4. The molecule has 1 aromatic rings. The first-order valence-corrected chi connectivity index (χ1v) is 16.9. The van der Waals surface area contributed by atoms with Crippen molar-refractivity contribution in [2.24, 2.45) is 29.4 Å². The molecule has 1 aromatic carbocycles. The van der Waals surface area contributed by atoms with Gasteiger partial charge >= 0.3 is 12.0 Å². The molecule has 48 heavy (non-hydrogen) atoms. The van der Waals surface area contributed by atoms with Gasteiger partial charge in [0.1, 0.15) is 5.78 Å². The number of carbonyl (C=O) groups is 7. The van der Waals surface area contributed by atoms with Gasteiger partial charge < -0.3 is 21.5 Å². The normalized spacial score (nSPS) is 15.2. The average Bonchev–Trinajstić information content (AvgIpc) is 3.33.